The van der Waals surface area contributed by atoms with Crippen molar-refractivity contribution in [1.82, 2.24) is 0 Å². The first-order valence-corrected chi connectivity index (χ1v) is 6.94. The van der Waals surface area contributed by atoms with E-state index in [1.807, 2.05) is 0 Å². The molecule has 0 spiro atoms. The minimum absolute atomic E-state index is 0.0942. The van der Waals surface area contributed by atoms with Crippen molar-refractivity contribution in [1.29, 1.82) is 0 Å². The van der Waals surface area contributed by atoms with E-state index in [0.29, 0.717) is 5.56 Å². The maximum absolute atomic E-state index is 12.4. The molecule has 0 saturated heterocycles. The lowest BCUT2D eigenvalue weighted by Crippen LogP contribution is -2.17. The molecule has 0 heterocycles. The van der Waals surface area contributed by atoms with Crippen molar-refractivity contribution in [2.24, 2.45) is 0 Å². The fraction of sp³-hybridized carbons (Fsp3) is 0.455. The van der Waals surface area contributed by atoms with E-state index in [1.54, 1.807) is 0 Å². The second kappa shape index (κ2) is 5.27. The minimum atomic E-state index is -4.41. The van der Waals surface area contributed by atoms with E-state index in [4.69, 9.17) is 0 Å². The molecular formula is C11H13F3O3S. The fourth-order valence-corrected chi connectivity index (χ4v) is 2.20. The van der Waals surface area contributed by atoms with E-state index in [-0.39, 0.29) is 6.42 Å². The van der Waals surface area contributed by atoms with Gasteiger partial charge in [0.1, 0.15) is 0 Å². The number of halogens is 3. The molecule has 18 heavy (non-hydrogen) atoms. The fourth-order valence-electron chi connectivity index (χ4n) is 1.54. The van der Waals surface area contributed by atoms with Gasteiger partial charge in [-0.1, -0.05) is 18.2 Å². The molecule has 3 nitrogen and oxygen atoms in total. The summed E-state index contributed by atoms with van der Waals surface area (Å²) >= 11 is 0. The summed E-state index contributed by atoms with van der Waals surface area (Å²) in [6.45, 7) is 1.49. The molecule has 1 rings (SSSR count). The van der Waals surface area contributed by atoms with E-state index >= 15 is 0 Å². The topological polar surface area (TPSA) is 43.4 Å². The first kappa shape index (κ1) is 15.0. The van der Waals surface area contributed by atoms with Crippen LogP contribution in [-0.4, -0.2) is 20.8 Å². The first-order valence-electron chi connectivity index (χ1n) is 5.12. The molecule has 0 radical (unpaired) electrons. The highest BCUT2D eigenvalue weighted by atomic mass is 32.2. The van der Waals surface area contributed by atoms with Crippen molar-refractivity contribution in [3.05, 3.63) is 35.4 Å². The van der Waals surface area contributed by atoms with Gasteiger partial charge in [-0.3, -0.25) is 4.18 Å². The molecule has 1 aromatic rings. The molecule has 7 heteroatoms. The molecular weight excluding hydrogens is 269 g/mol. The van der Waals surface area contributed by atoms with Crippen molar-refractivity contribution in [2.45, 2.75) is 25.6 Å². The Hall–Kier alpha value is -1.08. The van der Waals surface area contributed by atoms with Crippen molar-refractivity contribution in [3.63, 3.8) is 0 Å². The van der Waals surface area contributed by atoms with Crippen LogP contribution in [0, 0.1) is 0 Å². The quantitative estimate of drug-likeness (QED) is 0.797. The summed E-state index contributed by atoms with van der Waals surface area (Å²) in [5.41, 5.74) is -0.382. The van der Waals surface area contributed by atoms with Gasteiger partial charge in [-0.05, 0) is 25.0 Å². The number of alkyl halides is 3. The third kappa shape index (κ3) is 5.05. The predicted octanol–water partition coefficient (Wildman–Crippen LogP) is 2.61. The van der Waals surface area contributed by atoms with Crippen LogP contribution in [0.5, 0.6) is 0 Å². The molecule has 1 aromatic carbocycles. The standard InChI is InChI=1S/C11H13F3O3S/c1-8(17-18(2,15)16)6-9-4-3-5-10(7-9)11(12,13)14/h3-5,7-8H,6H2,1-2H3/t8-/m1/s1. The Morgan fingerprint density at radius 3 is 2.44 bits per heavy atom. The van der Waals surface area contributed by atoms with Crippen LogP contribution in [0.15, 0.2) is 24.3 Å². The Morgan fingerprint density at radius 1 is 1.33 bits per heavy atom. The molecule has 0 aliphatic rings. The van der Waals surface area contributed by atoms with Gasteiger partial charge >= 0.3 is 6.18 Å². The number of rotatable bonds is 4. The van der Waals surface area contributed by atoms with E-state index in [2.05, 4.69) is 4.18 Å². The summed E-state index contributed by atoms with van der Waals surface area (Å²) in [5, 5.41) is 0. The number of benzene rings is 1. The summed E-state index contributed by atoms with van der Waals surface area (Å²) in [7, 11) is -3.60. The van der Waals surface area contributed by atoms with Gasteiger partial charge in [-0.2, -0.15) is 21.6 Å². The van der Waals surface area contributed by atoms with Crippen LogP contribution >= 0.6 is 0 Å². The highest BCUT2D eigenvalue weighted by molar-refractivity contribution is 7.86. The Bertz CT molecular complexity index is 509. The second-order valence-corrected chi connectivity index (χ2v) is 5.61. The van der Waals surface area contributed by atoms with Gasteiger partial charge in [-0.15, -0.1) is 0 Å². The molecule has 1 atom stereocenters. The van der Waals surface area contributed by atoms with Gasteiger partial charge in [0, 0.05) is 0 Å². The summed E-state index contributed by atoms with van der Waals surface area (Å²) < 4.78 is 63.7. The second-order valence-electron chi connectivity index (χ2n) is 4.01. The van der Waals surface area contributed by atoms with E-state index in [9.17, 15) is 21.6 Å². The number of hydrogen-bond donors (Lipinski definition) is 0. The number of hydrogen-bond acceptors (Lipinski definition) is 3. The van der Waals surface area contributed by atoms with Gasteiger partial charge < -0.3 is 0 Å². The van der Waals surface area contributed by atoms with Crippen molar-refractivity contribution in [2.75, 3.05) is 6.26 Å². The summed E-state index contributed by atoms with van der Waals surface area (Å²) in [5.74, 6) is 0. The molecule has 0 aromatic heterocycles. The lowest BCUT2D eigenvalue weighted by Gasteiger charge is -2.12. The van der Waals surface area contributed by atoms with Crippen molar-refractivity contribution < 1.29 is 25.8 Å². The zero-order valence-electron chi connectivity index (χ0n) is 9.86. The summed E-state index contributed by atoms with van der Waals surface area (Å²) in [4.78, 5) is 0. The van der Waals surface area contributed by atoms with Crippen LogP contribution in [0.1, 0.15) is 18.1 Å². The summed E-state index contributed by atoms with van der Waals surface area (Å²) in [6.07, 6.45) is -4.12. The Balaban J connectivity index is 2.80. The van der Waals surface area contributed by atoms with Gasteiger partial charge in [0.05, 0.1) is 17.9 Å². The smallest absolute Gasteiger partial charge is 0.267 e. The zero-order valence-corrected chi connectivity index (χ0v) is 10.7. The van der Waals surface area contributed by atoms with Crippen molar-refractivity contribution in [3.8, 4) is 0 Å². The summed E-state index contributed by atoms with van der Waals surface area (Å²) in [6, 6.07) is 4.73. The van der Waals surface area contributed by atoms with E-state index in [1.165, 1.54) is 19.1 Å². The van der Waals surface area contributed by atoms with Gasteiger partial charge in [-0.25, -0.2) is 0 Å². The third-order valence-corrected chi connectivity index (χ3v) is 2.79. The molecule has 0 unspecified atom stereocenters. The lowest BCUT2D eigenvalue weighted by atomic mass is 10.1. The lowest BCUT2D eigenvalue weighted by molar-refractivity contribution is -0.137. The van der Waals surface area contributed by atoms with E-state index < -0.39 is 28.0 Å². The van der Waals surface area contributed by atoms with Crippen LogP contribution < -0.4 is 0 Å². The molecule has 0 aliphatic carbocycles. The molecule has 0 amide bonds. The van der Waals surface area contributed by atoms with Gasteiger partial charge in [0.2, 0.25) is 0 Å². The van der Waals surface area contributed by atoms with Crippen LogP contribution in [0.2, 0.25) is 0 Å². The molecule has 102 valence electrons. The highest BCUT2D eigenvalue weighted by Crippen LogP contribution is 2.29. The van der Waals surface area contributed by atoms with Gasteiger partial charge in [0.15, 0.2) is 0 Å². The molecule has 0 aliphatic heterocycles. The SMILES string of the molecule is C[C@H](Cc1cccc(C(F)(F)F)c1)OS(C)(=O)=O. The maximum Gasteiger partial charge on any atom is 0.416 e. The van der Waals surface area contributed by atoms with Crippen molar-refractivity contribution >= 4 is 10.1 Å². The zero-order chi connectivity index (χ0) is 14.0. The highest BCUT2D eigenvalue weighted by Gasteiger charge is 2.30. The van der Waals surface area contributed by atoms with E-state index in [0.717, 1.165) is 18.4 Å². The van der Waals surface area contributed by atoms with Crippen LogP contribution in [0.3, 0.4) is 0 Å². The average Bonchev–Trinajstić information content (AvgIpc) is 2.13. The molecule has 0 saturated carbocycles. The largest absolute Gasteiger partial charge is 0.416 e. The Morgan fingerprint density at radius 2 is 1.94 bits per heavy atom. The molecule has 0 fully saturated rings. The first-order chi connectivity index (χ1) is 8.08. The predicted molar refractivity (Wildman–Crippen MR) is 60.5 cm³/mol. The van der Waals surface area contributed by atoms with Crippen LogP contribution in [-0.2, 0) is 26.9 Å². The Kier molecular flexibility index (Phi) is 4.39. The monoisotopic (exact) mass is 282 g/mol. The maximum atomic E-state index is 12.4. The average molecular weight is 282 g/mol. The minimum Gasteiger partial charge on any atom is -0.267 e. The third-order valence-electron chi connectivity index (χ3n) is 2.12. The normalized spacial score (nSPS) is 14.5. The van der Waals surface area contributed by atoms with Crippen LogP contribution in [0.4, 0.5) is 13.2 Å². The molecule has 0 N–H and O–H groups in total. The van der Waals surface area contributed by atoms with Crippen LogP contribution in [0.25, 0.3) is 0 Å². The molecule has 0 bridgehead atoms. The van der Waals surface area contributed by atoms with Gasteiger partial charge in [0.25, 0.3) is 10.1 Å². The Labute approximate surface area is 104 Å².